The molecule has 2 aromatic rings. The molecular formula is C12H13N3OS. The second-order valence-corrected chi connectivity index (χ2v) is 4.17. The predicted molar refractivity (Wildman–Crippen MR) is 70.2 cm³/mol. The first-order valence-corrected chi connectivity index (χ1v) is 6.28. The van der Waals surface area contributed by atoms with Gasteiger partial charge < -0.3 is 10.5 Å². The van der Waals surface area contributed by atoms with Crippen LogP contribution in [-0.2, 0) is 0 Å². The van der Waals surface area contributed by atoms with Crippen LogP contribution in [0.2, 0.25) is 0 Å². The maximum atomic E-state index is 5.74. The van der Waals surface area contributed by atoms with E-state index < -0.39 is 0 Å². The van der Waals surface area contributed by atoms with Gasteiger partial charge in [-0.3, -0.25) is 0 Å². The van der Waals surface area contributed by atoms with Gasteiger partial charge in [0.05, 0.1) is 12.8 Å². The molecule has 1 aromatic carbocycles. The average Bonchev–Trinajstić information content (AvgIpc) is 2.38. The Labute approximate surface area is 104 Å². The van der Waals surface area contributed by atoms with E-state index in [1.807, 2.05) is 30.5 Å². The fraction of sp³-hybridized carbons (Fsp3) is 0.167. The van der Waals surface area contributed by atoms with Crippen LogP contribution in [0, 0.1) is 0 Å². The SMILES string of the molecule is COc1ccc(-c2cc(N)nc(SC)n2)cc1. The second kappa shape index (κ2) is 5.05. The monoisotopic (exact) mass is 247 g/mol. The van der Waals surface area contributed by atoms with Crippen LogP contribution in [0.1, 0.15) is 0 Å². The molecule has 0 aliphatic carbocycles. The molecule has 2 rings (SSSR count). The quantitative estimate of drug-likeness (QED) is 0.667. The molecule has 0 fully saturated rings. The van der Waals surface area contributed by atoms with Crippen molar-refractivity contribution in [3.8, 4) is 17.0 Å². The molecule has 88 valence electrons. The average molecular weight is 247 g/mol. The molecule has 0 aliphatic heterocycles. The van der Waals surface area contributed by atoms with E-state index in [0.29, 0.717) is 11.0 Å². The summed E-state index contributed by atoms with van der Waals surface area (Å²) in [6, 6.07) is 9.45. The number of rotatable bonds is 3. The van der Waals surface area contributed by atoms with Crippen LogP contribution in [0.15, 0.2) is 35.5 Å². The number of aromatic nitrogens is 2. The lowest BCUT2D eigenvalue weighted by atomic mass is 10.1. The molecule has 0 radical (unpaired) electrons. The van der Waals surface area contributed by atoms with Gasteiger partial charge in [-0.1, -0.05) is 11.8 Å². The summed E-state index contributed by atoms with van der Waals surface area (Å²) >= 11 is 1.47. The Morgan fingerprint density at radius 3 is 2.47 bits per heavy atom. The first kappa shape index (κ1) is 11.7. The molecule has 0 amide bonds. The molecule has 0 saturated heterocycles. The number of nitrogens with two attached hydrogens (primary N) is 1. The fourth-order valence-corrected chi connectivity index (χ4v) is 1.83. The minimum Gasteiger partial charge on any atom is -0.497 e. The Morgan fingerprint density at radius 1 is 1.18 bits per heavy atom. The van der Waals surface area contributed by atoms with Crippen molar-refractivity contribution in [2.75, 3.05) is 19.1 Å². The summed E-state index contributed by atoms with van der Waals surface area (Å²) in [6.07, 6.45) is 1.92. The van der Waals surface area contributed by atoms with E-state index in [4.69, 9.17) is 10.5 Å². The molecule has 0 bridgehead atoms. The summed E-state index contributed by atoms with van der Waals surface area (Å²) < 4.78 is 5.11. The minimum absolute atomic E-state index is 0.482. The predicted octanol–water partition coefficient (Wildman–Crippen LogP) is 2.46. The summed E-state index contributed by atoms with van der Waals surface area (Å²) in [4.78, 5) is 8.53. The topological polar surface area (TPSA) is 61.0 Å². The van der Waals surface area contributed by atoms with Crippen molar-refractivity contribution >= 4 is 17.6 Å². The zero-order valence-electron chi connectivity index (χ0n) is 9.68. The molecule has 17 heavy (non-hydrogen) atoms. The lowest BCUT2D eigenvalue weighted by Gasteiger charge is -2.05. The number of nitrogen functional groups attached to an aromatic ring is 1. The van der Waals surface area contributed by atoms with Crippen molar-refractivity contribution in [2.45, 2.75) is 5.16 Å². The molecule has 4 nitrogen and oxygen atoms in total. The van der Waals surface area contributed by atoms with Gasteiger partial charge in [0.2, 0.25) is 0 Å². The number of nitrogens with zero attached hydrogens (tertiary/aromatic N) is 2. The van der Waals surface area contributed by atoms with Gasteiger partial charge >= 0.3 is 0 Å². The van der Waals surface area contributed by atoms with Crippen molar-refractivity contribution in [1.29, 1.82) is 0 Å². The van der Waals surface area contributed by atoms with Crippen molar-refractivity contribution in [1.82, 2.24) is 9.97 Å². The van der Waals surface area contributed by atoms with Gasteiger partial charge in [-0.25, -0.2) is 9.97 Å². The van der Waals surface area contributed by atoms with Gasteiger partial charge in [0.15, 0.2) is 5.16 Å². The number of benzene rings is 1. The van der Waals surface area contributed by atoms with Crippen molar-refractivity contribution in [3.05, 3.63) is 30.3 Å². The molecule has 5 heteroatoms. The van der Waals surface area contributed by atoms with Crippen molar-refractivity contribution < 1.29 is 4.74 Å². The highest BCUT2D eigenvalue weighted by Crippen LogP contribution is 2.23. The van der Waals surface area contributed by atoms with Crippen LogP contribution in [0.3, 0.4) is 0 Å². The largest absolute Gasteiger partial charge is 0.497 e. The van der Waals surface area contributed by atoms with Crippen molar-refractivity contribution in [3.63, 3.8) is 0 Å². The summed E-state index contributed by atoms with van der Waals surface area (Å²) in [5, 5.41) is 0.677. The number of anilines is 1. The Bertz CT molecular complexity index is 514. The number of methoxy groups -OCH3 is 1. The van der Waals surface area contributed by atoms with Crippen LogP contribution >= 0.6 is 11.8 Å². The van der Waals surface area contributed by atoms with Gasteiger partial charge in [0.1, 0.15) is 11.6 Å². The number of ether oxygens (including phenoxy) is 1. The number of thioether (sulfide) groups is 1. The Balaban J connectivity index is 2.41. The van der Waals surface area contributed by atoms with E-state index in [0.717, 1.165) is 17.0 Å². The lowest BCUT2D eigenvalue weighted by Crippen LogP contribution is -1.96. The Hall–Kier alpha value is -1.75. The maximum Gasteiger partial charge on any atom is 0.189 e. The van der Waals surface area contributed by atoms with E-state index in [1.54, 1.807) is 13.2 Å². The van der Waals surface area contributed by atoms with Crippen LogP contribution in [0.5, 0.6) is 5.75 Å². The highest BCUT2D eigenvalue weighted by atomic mass is 32.2. The Kier molecular flexibility index (Phi) is 3.49. The third-order valence-corrected chi connectivity index (χ3v) is 2.84. The zero-order valence-corrected chi connectivity index (χ0v) is 10.5. The van der Waals surface area contributed by atoms with Gasteiger partial charge in [-0.2, -0.15) is 0 Å². The minimum atomic E-state index is 0.482. The molecule has 0 spiro atoms. The van der Waals surface area contributed by atoms with Crippen LogP contribution in [0.25, 0.3) is 11.3 Å². The van der Waals surface area contributed by atoms with E-state index in [-0.39, 0.29) is 0 Å². The summed E-state index contributed by atoms with van der Waals surface area (Å²) in [6.45, 7) is 0. The van der Waals surface area contributed by atoms with Gasteiger partial charge in [-0.15, -0.1) is 0 Å². The molecule has 1 heterocycles. The second-order valence-electron chi connectivity index (χ2n) is 3.39. The number of hydrogen-bond acceptors (Lipinski definition) is 5. The molecule has 0 unspecified atom stereocenters. The summed E-state index contributed by atoms with van der Waals surface area (Å²) in [5.41, 5.74) is 7.56. The van der Waals surface area contributed by atoms with E-state index in [2.05, 4.69) is 9.97 Å². The molecule has 0 saturated carbocycles. The van der Waals surface area contributed by atoms with Gasteiger partial charge in [-0.05, 0) is 30.5 Å². The number of hydrogen-bond donors (Lipinski definition) is 1. The first-order chi connectivity index (χ1) is 8.22. The molecule has 1 aromatic heterocycles. The Morgan fingerprint density at radius 2 is 1.88 bits per heavy atom. The lowest BCUT2D eigenvalue weighted by molar-refractivity contribution is 0.415. The summed E-state index contributed by atoms with van der Waals surface area (Å²) in [7, 11) is 1.64. The van der Waals surface area contributed by atoms with Gasteiger partial charge in [0.25, 0.3) is 0 Å². The molecular weight excluding hydrogens is 234 g/mol. The fourth-order valence-electron chi connectivity index (χ4n) is 1.44. The van der Waals surface area contributed by atoms with Gasteiger partial charge in [0, 0.05) is 11.6 Å². The maximum absolute atomic E-state index is 5.74. The van der Waals surface area contributed by atoms with E-state index in [9.17, 15) is 0 Å². The molecule has 0 atom stereocenters. The zero-order chi connectivity index (χ0) is 12.3. The third kappa shape index (κ3) is 2.68. The van der Waals surface area contributed by atoms with Crippen LogP contribution in [0.4, 0.5) is 5.82 Å². The highest BCUT2D eigenvalue weighted by molar-refractivity contribution is 7.98. The highest BCUT2D eigenvalue weighted by Gasteiger charge is 2.04. The third-order valence-electron chi connectivity index (χ3n) is 2.29. The molecule has 0 aliphatic rings. The van der Waals surface area contributed by atoms with Crippen LogP contribution < -0.4 is 10.5 Å². The normalized spacial score (nSPS) is 10.2. The van der Waals surface area contributed by atoms with E-state index in [1.165, 1.54) is 11.8 Å². The summed E-state index contributed by atoms with van der Waals surface area (Å²) in [5.74, 6) is 1.30. The van der Waals surface area contributed by atoms with Crippen LogP contribution in [-0.4, -0.2) is 23.3 Å². The van der Waals surface area contributed by atoms with Crippen molar-refractivity contribution in [2.24, 2.45) is 0 Å². The standard InChI is InChI=1S/C12H13N3OS/c1-16-9-5-3-8(4-6-9)10-7-11(13)15-12(14-10)17-2/h3-7H,1-2H3,(H2,13,14,15). The first-order valence-electron chi connectivity index (χ1n) is 5.06. The molecule has 2 N–H and O–H groups in total. The van der Waals surface area contributed by atoms with E-state index >= 15 is 0 Å². The smallest absolute Gasteiger partial charge is 0.189 e.